The number of hydrogen-bond donors (Lipinski definition) is 2. The van der Waals surface area contributed by atoms with Gasteiger partial charge in [0.15, 0.2) is 11.2 Å². The van der Waals surface area contributed by atoms with Crippen molar-refractivity contribution in [1.82, 2.24) is 29.9 Å². The van der Waals surface area contributed by atoms with Crippen LogP contribution in [0.3, 0.4) is 0 Å². The van der Waals surface area contributed by atoms with E-state index in [1.165, 1.54) is 0 Å². The summed E-state index contributed by atoms with van der Waals surface area (Å²) in [7, 11) is 0. The molecule has 152 valence electrons. The van der Waals surface area contributed by atoms with E-state index in [0.29, 0.717) is 23.5 Å². The van der Waals surface area contributed by atoms with Gasteiger partial charge in [-0.3, -0.25) is 9.78 Å². The van der Waals surface area contributed by atoms with Gasteiger partial charge in [0.05, 0.1) is 17.4 Å². The van der Waals surface area contributed by atoms with Gasteiger partial charge in [-0.15, -0.1) is 5.10 Å². The first-order valence-corrected chi connectivity index (χ1v) is 10.1. The Hall–Kier alpha value is -3.62. The van der Waals surface area contributed by atoms with E-state index in [2.05, 4.69) is 30.6 Å². The number of nitrogens with two attached hydrogens (primary N) is 1. The highest BCUT2D eigenvalue weighted by Crippen LogP contribution is 2.26. The molecule has 30 heavy (non-hydrogen) atoms. The highest BCUT2D eigenvalue weighted by Gasteiger charge is 2.26. The molecule has 3 aromatic heterocycles. The van der Waals surface area contributed by atoms with E-state index in [1.807, 2.05) is 37.3 Å². The number of fused-ring (bicyclic) bond motifs is 2. The molecule has 4 aromatic rings. The van der Waals surface area contributed by atoms with Crippen molar-refractivity contribution in [2.24, 2.45) is 11.7 Å². The second-order valence-electron chi connectivity index (χ2n) is 7.84. The number of aryl methyl sites for hydroxylation is 1. The number of nitrogens with zero attached hydrogens (tertiary/aromatic N) is 6. The Kier molecular flexibility index (Phi) is 4.50. The van der Waals surface area contributed by atoms with E-state index in [9.17, 15) is 4.79 Å². The lowest BCUT2D eigenvalue weighted by Gasteiger charge is -2.27. The van der Waals surface area contributed by atoms with Crippen molar-refractivity contribution in [3.05, 3.63) is 42.2 Å². The number of pyridine rings is 1. The molecule has 1 aromatic carbocycles. The number of anilines is 1. The molecule has 0 saturated heterocycles. The van der Waals surface area contributed by atoms with Crippen molar-refractivity contribution in [2.75, 3.05) is 5.32 Å². The number of amides is 1. The van der Waals surface area contributed by atoms with E-state index >= 15 is 0 Å². The number of hydrogen-bond acceptors (Lipinski definition) is 7. The summed E-state index contributed by atoms with van der Waals surface area (Å²) in [5.41, 5.74) is 9.49. The van der Waals surface area contributed by atoms with Crippen LogP contribution in [0.15, 0.2) is 36.5 Å². The van der Waals surface area contributed by atoms with Crippen LogP contribution in [0.5, 0.6) is 0 Å². The van der Waals surface area contributed by atoms with Crippen molar-refractivity contribution < 1.29 is 4.79 Å². The summed E-state index contributed by atoms with van der Waals surface area (Å²) in [5, 5.41) is 12.8. The number of benzene rings is 1. The molecule has 0 bridgehead atoms. The van der Waals surface area contributed by atoms with Gasteiger partial charge in [-0.05, 0) is 50.5 Å². The van der Waals surface area contributed by atoms with Gasteiger partial charge in [0.1, 0.15) is 0 Å². The minimum atomic E-state index is -0.235. The van der Waals surface area contributed by atoms with E-state index in [0.717, 1.165) is 41.5 Å². The van der Waals surface area contributed by atoms with Crippen LogP contribution in [-0.4, -0.2) is 41.9 Å². The Labute approximate surface area is 172 Å². The monoisotopic (exact) mass is 402 g/mol. The summed E-state index contributed by atoms with van der Waals surface area (Å²) in [6.45, 7) is 1.97. The van der Waals surface area contributed by atoms with Gasteiger partial charge in [-0.2, -0.15) is 9.67 Å². The van der Waals surface area contributed by atoms with Crippen LogP contribution in [0.25, 0.3) is 27.8 Å². The highest BCUT2D eigenvalue weighted by atomic mass is 16.1. The van der Waals surface area contributed by atoms with Crippen LogP contribution >= 0.6 is 0 Å². The van der Waals surface area contributed by atoms with Gasteiger partial charge in [-0.25, -0.2) is 4.98 Å². The van der Waals surface area contributed by atoms with Crippen molar-refractivity contribution in [3.8, 4) is 5.69 Å². The first-order chi connectivity index (χ1) is 14.6. The molecular weight excluding hydrogens is 380 g/mol. The van der Waals surface area contributed by atoms with Gasteiger partial charge in [0, 0.05) is 23.0 Å². The number of nitrogens with one attached hydrogen (secondary N) is 1. The van der Waals surface area contributed by atoms with Crippen molar-refractivity contribution in [2.45, 2.75) is 38.6 Å². The molecule has 1 aliphatic carbocycles. The summed E-state index contributed by atoms with van der Waals surface area (Å²) in [6, 6.07) is 10.1. The molecule has 0 spiro atoms. The summed E-state index contributed by atoms with van der Waals surface area (Å²) in [4.78, 5) is 25.1. The molecule has 1 saturated carbocycles. The van der Waals surface area contributed by atoms with Crippen molar-refractivity contribution >= 4 is 33.9 Å². The Morgan fingerprint density at radius 3 is 2.93 bits per heavy atom. The summed E-state index contributed by atoms with van der Waals surface area (Å²) in [5.74, 6) is 0.169. The predicted octanol–water partition coefficient (Wildman–Crippen LogP) is 2.52. The maximum absolute atomic E-state index is 11.5. The summed E-state index contributed by atoms with van der Waals surface area (Å²) >= 11 is 0. The van der Waals surface area contributed by atoms with Gasteiger partial charge in [-0.1, -0.05) is 17.7 Å². The molecule has 1 fully saturated rings. The number of carbonyl (C=O) groups is 1. The number of primary amides is 1. The van der Waals surface area contributed by atoms with E-state index in [-0.39, 0.29) is 17.9 Å². The van der Waals surface area contributed by atoms with Gasteiger partial charge < -0.3 is 11.1 Å². The molecule has 9 nitrogen and oxygen atoms in total. The first kappa shape index (κ1) is 18.4. The van der Waals surface area contributed by atoms with Crippen LogP contribution in [0.2, 0.25) is 0 Å². The van der Waals surface area contributed by atoms with E-state index in [4.69, 9.17) is 5.73 Å². The zero-order valence-electron chi connectivity index (χ0n) is 16.6. The Bertz CT molecular complexity index is 1250. The fourth-order valence-corrected chi connectivity index (χ4v) is 4.08. The Balaban J connectivity index is 1.46. The van der Waals surface area contributed by atoms with Crippen molar-refractivity contribution in [1.29, 1.82) is 0 Å². The van der Waals surface area contributed by atoms with Gasteiger partial charge in [0.2, 0.25) is 11.9 Å². The molecule has 2 atom stereocenters. The lowest BCUT2D eigenvalue weighted by atomic mass is 9.85. The molecular formula is C21H22N8O. The quantitative estimate of drug-likeness (QED) is 0.537. The second-order valence-corrected chi connectivity index (χ2v) is 7.84. The van der Waals surface area contributed by atoms with Gasteiger partial charge in [0.25, 0.3) is 0 Å². The second kappa shape index (κ2) is 7.33. The van der Waals surface area contributed by atoms with E-state index < -0.39 is 0 Å². The molecule has 0 aliphatic heterocycles. The molecule has 0 radical (unpaired) electrons. The first-order valence-electron chi connectivity index (χ1n) is 10.1. The topological polar surface area (TPSA) is 124 Å². The Morgan fingerprint density at radius 2 is 2.07 bits per heavy atom. The van der Waals surface area contributed by atoms with Crippen LogP contribution in [-0.2, 0) is 4.79 Å². The zero-order valence-corrected chi connectivity index (χ0v) is 16.6. The number of carbonyl (C=O) groups excluding carboxylic acids is 1. The molecule has 3 N–H and O–H groups in total. The van der Waals surface area contributed by atoms with Gasteiger partial charge >= 0.3 is 0 Å². The van der Waals surface area contributed by atoms with Crippen LogP contribution in [0.1, 0.15) is 31.4 Å². The van der Waals surface area contributed by atoms with E-state index in [1.54, 1.807) is 10.9 Å². The SMILES string of the molecule is Cc1ccc2cc(-n3nnc4cnc(N[C@@H]5CCC[C@@H](C(N)=O)C5)nc43)ccc2n1. The smallest absolute Gasteiger partial charge is 0.225 e. The molecule has 0 unspecified atom stereocenters. The van der Waals surface area contributed by atoms with Crippen molar-refractivity contribution in [3.63, 3.8) is 0 Å². The summed E-state index contributed by atoms with van der Waals surface area (Å²) in [6.07, 6.45) is 5.12. The molecule has 1 aliphatic rings. The minimum absolute atomic E-state index is 0.0954. The van der Waals surface area contributed by atoms with Crippen LogP contribution < -0.4 is 11.1 Å². The fraction of sp³-hybridized carbons (Fsp3) is 0.333. The average molecular weight is 402 g/mol. The highest BCUT2D eigenvalue weighted by molar-refractivity contribution is 5.82. The molecule has 1 amide bonds. The number of aromatic nitrogens is 6. The normalized spacial score (nSPS) is 19.2. The minimum Gasteiger partial charge on any atom is -0.369 e. The largest absolute Gasteiger partial charge is 0.369 e. The Morgan fingerprint density at radius 1 is 1.17 bits per heavy atom. The molecule has 3 heterocycles. The maximum Gasteiger partial charge on any atom is 0.225 e. The lowest BCUT2D eigenvalue weighted by molar-refractivity contribution is -0.122. The standard InChI is InChI=1S/C21H22N8O/c1-12-5-6-13-10-16(7-8-17(13)24-12)29-20-18(27-28-29)11-23-21(26-20)25-15-4-2-3-14(9-15)19(22)30/h5-8,10-11,14-15H,2-4,9H2,1H3,(H2,22,30)(H,23,25,26)/t14-,15-/m1/s1. The molecule has 9 heteroatoms. The summed E-state index contributed by atoms with van der Waals surface area (Å²) < 4.78 is 1.70. The fourth-order valence-electron chi connectivity index (χ4n) is 4.08. The number of rotatable bonds is 4. The third-order valence-corrected chi connectivity index (χ3v) is 5.66. The maximum atomic E-state index is 11.5. The third-order valence-electron chi connectivity index (χ3n) is 5.66. The van der Waals surface area contributed by atoms with Crippen LogP contribution in [0, 0.1) is 12.8 Å². The third kappa shape index (κ3) is 3.42. The predicted molar refractivity (Wildman–Crippen MR) is 113 cm³/mol. The molecule has 5 rings (SSSR count). The lowest BCUT2D eigenvalue weighted by Crippen LogP contribution is -2.34. The van der Waals surface area contributed by atoms with Crippen LogP contribution in [0.4, 0.5) is 5.95 Å². The average Bonchev–Trinajstić information content (AvgIpc) is 3.17. The zero-order chi connectivity index (χ0) is 20.7.